The number of piperidine rings is 1. The zero-order valence-electron chi connectivity index (χ0n) is 15.0. The van der Waals surface area contributed by atoms with Crippen LogP contribution in [0.15, 0.2) is 12.3 Å². The van der Waals surface area contributed by atoms with E-state index in [1.807, 2.05) is 10.9 Å². The number of rotatable bonds is 3. The van der Waals surface area contributed by atoms with Gasteiger partial charge in [-0.15, -0.1) is 0 Å². The average Bonchev–Trinajstić information content (AvgIpc) is 3.21. The van der Waals surface area contributed by atoms with Gasteiger partial charge in [0.05, 0.1) is 16.6 Å². The average molecular weight is 373 g/mol. The molecule has 2 aliphatic rings. The first-order valence-corrected chi connectivity index (χ1v) is 9.83. The Morgan fingerprint density at radius 2 is 2.27 bits per heavy atom. The fourth-order valence-electron chi connectivity index (χ4n) is 3.66. The number of nitrogens with zero attached hydrogens (tertiary/aromatic N) is 3. The molecule has 0 radical (unpaired) electrons. The maximum atomic E-state index is 12.5. The minimum absolute atomic E-state index is 0.0771. The largest absolute Gasteiger partial charge is 0.315 e. The number of carbonyl (C=O) groups excluding carboxylic acids is 2. The normalized spacial score (nSPS) is 22.1. The fourth-order valence-corrected chi connectivity index (χ4v) is 4.57. The van der Waals surface area contributed by atoms with Crippen molar-refractivity contribution in [2.75, 3.05) is 18.4 Å². The number of carbonyl (C=O) groups is 2. The molecule has 1 aliphatic heterocycles. The van der Waals surface area contributed by atoms with Crippen molar-refractivity contribution in [1.82, 2.24) is 20.1 Å². The summed E-state index contributed by atoms with van der Waals surface area (Å²) in [5.41, 5.74) is 1.09. The van der Waals surface area contributed by atoms with E-state index in [0.29, 0.717) is 22.1 Å². The molecule has 1 amide bonds. The highest BCUT2D eigenvalue weighted by atomic mass is 32.1. The van der Waals surface area contributed by atoms with E-state index in [4.69, 9.17) is 0 Å². The first-order valence-electron chi connectivity index (χ1n) is 9.01. The lowest BCUT2D eigenvalue weighted by Gasteiger charge is -2.26. The Morgan fingerprint density at radius 1 is 1.42 bits per heavy atom. The molecule has 0 spiro atoms. The van der Waals surface area contributed by atoms with Crippen molar-refractivity contribution in [2.45, 2.75) is 45.6 Å². The Labute approximate surface area is 156 Å². The maximum Gasteiger partial charge on any atom is 0.277 e. The van der Waals surface area contributed by atoms with E-state index in [9.17, 15) is 9.59 Å². The van der Waals surface area contributed by atoms with Gasteiger partial charge < -0.3 is 5.32 Å². The van der Waals surface area contributed by atoms with Gasteiger partial charge in [0.15, 0.2) is 16.6 Å². The third-order valence-corrected chi connectivity index (χ3v) is 6.00. The number of ketones is 1. The van der Waals surface area contributed by atoms with Gasteiger partial charge in [-0.25, -0.2) is 4.98 Å². The Bertz CT molecular complexity index is 848. The summed E-state index contributed by atoms with van der Waals surface area (Å²) in [5.74, 6) is -0.173. The summed E-state index contributed by atoms with van der Waals surface area (Å²) in [5, 5.41) is 11.0. The van der Waals surface area contributed by atoms with Gasteiger partial charge in [0.2, 0.25) is 0 Å². The molecular weight excluding hydrogens is 350 g/mol. The number of thiazole rings is 1. The zero-order valence-corrected chi connectivity index (χ0v) is 15.9. The van der Waals surface area contributed by atoms with E-state index >= 15 is 0 Å². The molecule has 4 rings (SSSR count). The van der Waals surface area contributed by atoms with Gasteiger partial charge in [0.25, 0.3) is 5.91 Å². The fraction of sp³-hybridized carbons (Fsp3) is 0.556. The minimum Gasteiger partial charge on any atom is -0.315 e. The minimum atomic E-state index is -0.287. The van der Waals surface area contributed by atoms with Gasteiger partial charge in [-0.1, -0.05) is 25.2 Å². The molecule has 1 saturated heterocycles. The van der Waals surface area contributed by atoms with Crippen molar-refractivity contribution in [2.24, 2.45) is 5.41 Å². The van der Waals surface area contributed by atoms with Crippen LogP contribution in [-0.2, 0) is 6.42 Å². The van der Waals surface area contributed by atoms with Gasteiger partial charge in [-0.3, -0.25) is 19.6 Å². The smallest absolute Gasteiger partial charge is 0.277 e. The number of hydrogen-bond acceptors (Lipinski definition) is 6. The lowest BCUT2D eigenvalue weighted by atomic mass is 9.78. The quantitative estimate of drug-likeness (QED) is 0.863. The summed E-state index contributed by atoms with van der Waals surface area (Å²) in [7, 11) is 0. The van der Waals surface area contributed by atoms with E-state index in [1.54, 1.807) is 6.07 Å². The third-order valence-electron chi connectivity index (χ3n) is 4.94. The number of Topliss-reactive ketones (excluding diaryl/α,β-unsaturated/α-hetero) is 1. The molecule has 0 aromatic carbocycles. The summed E-state index contributed by atoms with van der Waals surface area (Å²) in [4.78, 5) is 30.0. The van der Waals surface area contributed by atoms with E-state index < -0.39 is 0 Å². The summed E-state index contributed by atoms with van der Waals surface area (Å²) in [6, 6.07) is 2.02. The van der Waals surface area contributed by atoms with Crippen molar-refractivity contribution in [1.29, 1.82) is 0 Å². The molecule has 1 unspecified atom stereocenters. The predicted octanol–water partition coefficient (Wildman–Crippen LogP) is 2.67. The Balaban J connectivity index is 1.47. The molecule has 0 saturated carbocycles. The molecule has 2 N–H and O–H groups in total. The van der Waals surface area contributed by atoms with Crippen LogP contribution in [0.2, 0.25) is 0 Å². The third kappa shape index (κ3) is 3.43. The molecule has 0 bridgehead atoms. The Morgan fingerprint density at radius 3 is 3.04 bits per heavy atom. The highest BCUT2D eigenvalue weighted by Crippen LogP contribution is 2.38. The van der Waals surface area contributed by atoms with Crippen LogP contribution >= 0.6 is 11.3 Å². The summed E-state index contributed by atoms with van der Waals surface area (Å²) in [6.07, 6.45) is 5.30. The Kier molecular flexibility index (Phi) is 4.40. The maximum absolute atomic E-state index is 12.5. The monoisotopic (exact) mass is 373 g/mol. The number of fused-ring (bicyclic) bond motifs is 1. The summed E-state index contributed by atoms with van der Waals surface area (Å²) in [6.45, 7) is 6.05. The van der Waals surface area contributed by atoms with Gasteiger partial charge in [0, 0.05) is 19.2 Å². The van der Waals surface area contributed by atoms with Gasteiger partial charge in [-0.05, 0) is 37.3 Å². The number of nitrogens with one attached hydrogen (secondary N) is 2. The number of anilines is 1. The first-order chi connectivity index (χ1) is 12.4. The van der Waals surface area contributed by atoms with Crippen LogP contribution in [-0.4, -0.2) is 39.5 Å². The summed E-state index contributed by atoms with van der Waals surface area (Å²) < 4.78 is 1.86. The van der Waals surface area contributed by atoms with Gasteiger partial charge >= 0.3 is 0 Å². The second-order valence-electron chi connectivity index (χ2n) is 7.87. The van der Waals surface area contributed by atoms with Crippen LogP contribution in [0.5, 0.6) is 0 Å². The van der Waals surface area contributed by atoms with Gasteiger partial charge in [-0.2, -0.15) is 5.10 Å². The lowest BCUT2D eigenvalue weighted by molar-refractivity contribution is 0.0915. The molecule has 1 aliphatic carbocycles. The van der Waals surface area contributed by atoms with Crippen molar-refractivity contribution in [3.63, 3.8) is 0 Å². The topological polar surface area (TPSA) is 88.9 Å². The van der Waals surface area contributed by atoms with Crippen LogP contribution in [0.25, 0.3) is 0 Å². The van der Waals surface area contributed by atoms with E-state index in [2.05, 4.69) is 34.6 Å². The molecule has 7 nitrogen and oxygen atoms in total. The molecule has 3 heterocycles. The molecule has 138 valence electrons. The standard InChI is InChI=1S/C18H23N5O2S/c1-18(2)8-13-15(14(24)9-18)26-17(20-13)21-16(25)12-5-7-23(22-12)11-4-3-6-19-10-11/h5,7,11,19H,3-4,6,8-10H2,1-2H3,(H,20,21,25). The lowest BCUT2D eigenvalue weighted by Crippen LogP contribution is -2.32. The first kappa shape index (κ1) is 17.4. The van der Waals surface area contributed by atoms with Crippen molar-refractivity contribution in [3.05, 3.63) is 28.5 Å². The molecule has 2 aromatic rings. The number of aromatic nitrogens is 3. The predicted molar refractivity (Wildman–Crippen MR) is 99.9 cm³/mol. The highest BCUT2D eigenvalue weighted by Gasteiger charge is 2.34. The second kappa shape index (κ2) is 6.59. The van der Waals surface area contributed by atoms with Crippen LogP contribution in [0, 0.1) is 5.41 Å². The molecule has 2 aromatic heterocycles. The number of hydrogen-bond donors (Lipinski definition) is 2. The SMILES string of the molecule is CC1(C)CC(=O)c2sc(NC(=O)c3ccn(C4CCCNC4)n3)nc2C1. The van der Waals surface area contributed by atoms with Crippen LogP contribution in [0.1, 0.15) is 65.0 Å². The van der Waals surface area contributed by atoms with Gasteiger partial charge in [0.1, 0.15) is 0 Å². The number of amides is 1. The molecule has 1 fully saturated rings. The van der Waals surface area contributed by atoms with E-state index in [1.165, 1.54) is 11.3 Å². The van der Waals surface area contributed by atoms with Crippen molar-refractivity contribution < 1.29 is 9.59 Å². The van der Waals surface area contributed by atoms with Crippen LogP contribution < -0.4 is 10.6 Å². The zero-order chi connectivity index (χ0) is 18.3. The molecule has 8 heteroatoms. The molecule has 26 heavy (non-hydrogen) atoms. The van der Waals surface area contributed by atoms with Crippen molar-refractivity contribution >= 4 is 28.2 Å². The second-order valence-corrected chi connectivity index (χ2v) is 8.87. The van der Waals surface area contributed by atoms with Crippen molar-refractivity contribution in [3.8, 4) is 0 Å². The molecule has 1 atom stereocenters. The van der Waals surface area contributed by atoms with E-state index in [0.717, 1.165) is 38.0 Å². The highest BCUT2D eigenvalue weighted by molar-refractivity contribution is 7.17. The Hall–Kier alpha value is -2.06. The van der Waals surface area contributed by atoms with Crippen LogP contribution in [0.3, 0.4) is 0 Å². The summed E-state index contributed by atoms with van der Waals surface area (Å²) >= 11 is 1.26. The van der Waals surface area contributed by atoms with E-state index in [-0.39, 0.29) is 23.1 Å². The molecular formula is C18H23N5O2S. The van der Waals surface area contributed by atoms with Crippen LogP contribution in [0.4, 0.5) is 5.13 Å².